The maximum atomic E-state index is 11.6. The number of aldehydes is 1. The van der Waals surface area contributed by atoms with Crippen molar-refractivity contribution >= 4 is 46.8 Å². The van der Waals surface area contributed by atoms with E-state index in [1.54, 1.807) is 18.5 Å². The first-order valence-corrected chi connectivity index (χ1v) is 11.3. The molecule has 0 unspecified atom stereocenters. The van der Waals surface area contributed by atoms with E-state index in [4.69, 9.17) is 0 Å². The van der Waals surface area contributed by atoms with E-state index in [0.717, 1.165) is 49.4 Å². The average Bonchev–Trinajstić information content (AvgIpc) is 2.87. The molecule has 35 heavy (non-hydrogen) atoms. The molecule has 0 saturated carbocycles. The Kier molecular flexibility index (Phi) is 7.63. The van der Waals surface area contributed by atoms with Crippen LogP contribution in [0.15, 0.2) is 61.4 Å². The Morgan fingerprint density at radius 2 is 1.89 bits per heavy atom. The Morgan fingerprint density at radius 3 is 2.66 bits per heavy atom. The molecule has 3 N–H and O–H groups in total. The van der Waals surface area contributed by atoms with Crippen molar-refractivity contribution in [3.8, 4) is 0 Å². The number of amides is 1. The third kappa shape index (κ3) is 6.39. The fourth-order valence-electron chi connectivity index (χ4n) is 3.73. The minimum atomic E-state index is -0.274. The molecule has 10 heteroatoms. The van der Waals surface area contributed by atoms with Gasteiger partial charge in [-0.15, -0.1) is 0 Å². The maximum Gasteiger partial charge on any atom is 0.247 e. The molecule has 1 aromatic carbocycles. The van der Waals surface area contributed by atoms with Crippen LogP contribution >= 0.6 is 0 Å². The van der Waals surface area contributed by atoms with Crippen molar-refractivity contribution in [1.82, 2.24) is 19.9 Å². The lowest BCUT2D eigenvalue weighted by atomic mass is 10.2. The van der Waals surface area contributed by atoms with Crippen LogP contribution in [0.5, 0.6) is 0 Å². The molecule has 1 aliphatic rings. The summed E-state index contributed by atoms with van der Waals surface area (Å²) in [6, 6.07) is 11.3. The summed E-state index contributed by atoms with van der Waals surface area (Å²) in [6.45, 7) is 9.25. The van der Waals surface area contributed by atoms with Gasteiger partial charge in [0.05, 0.1) is 6.54 Å². The van der Waals surface area contributed by atoms with E-state index in [1.165, 1.54) is 6.08 Å². The molecule has 0 spiro atoms. The second-order valence-corrected chi connectivity index (χ2v) is 8.10. The van der Waals surface area contributed by atoms with Crippen molar-refractivity contribution < 1.29 is 9.59 Å². The van der Waals surface area contributed by atoms with Gasteiger partial charge in [-0.25, -0.2) is 9.97 Å². The number of aryl methyl sites for hydroxylation is 1. The van der Waals surface area contributed by atoms with Crippen molar-refractivity contribution in [2.75, 3.05) is 53.6 Å². The Bertz CT molecular complexity index is 1210. The predicted octanol–water partition coefficient (Wildman–Crippen LogP) is 3.11. The Labute approximate surface area is 204 Å². The highest BCUT2D eigenvalue weighted by Crippen LogP contribution is 2.24. The molecular weight excluding hydrogens is 444 g/mol. The molecule has 1 amide bonds. The molecule has 3 aromatic rings. The Balaban J connectivity index is 1.45. The second-order valence-electron chi connectivity index (χ2n) is 8.10. The van der Waals surface area contributed by atoms with E-state index in [2.05, 4.69) is 47.3 Å². The van der Waals surface area contributed by atoms with Crippen molar-refractivity contribution in [3.63, 3.8) is 0 Å². The number of nitrogens with one attached hydrogen (secondary N) is 3. The molecule has 4 rings (SSSR count). The highest BCUT2D eigenvalue weighted by atomic mass is 16.1. The van der Waals surface area contributed by atoms with E-state index in [1.807, 2.05) is 37.3 Å². The van der Waals surface area contributed by atoms with Gasteiger partial charge < -0.3 is 25.6 Å². The molecule has 10 nitrogen and oxygen atoms in total. The van der Waals surface area contributed by atoms with Crippen LogP contribution in [0.2, 0.25) is 0 Å². The van der Waals surface area contributed by atoms with Crippen molar-refractivity contribution in [1.29, 1.82) is 0 Å². The van der Waals surface area contributed by atoms with Crippen LogP contribution in [0.3, 0.4) is 0 Å². The lowest BCUT2D eigenvalue weighted by molar-refractivity contribution is -0.112. The summed E-state index contributed by atoms with van der Waals surface area (Å²) in [4.78, 5) is 40.2. The normalized spacial score (nSPS) is 13.7. The van der Waals surface area contributed by atoms with Gasteiger partial charge in [-0.05, 0) is 37.3 Å². The van der Waals surface area contributed by atoms with Gasteiger partial charge in [0.15, 0.2) is 0 Å². The molecule has 1 fully saturated rings. The molecular formula is C25H28N8O2. The van der Waals surface area contributed by atoms with Crippen LogP contribution in [-0.4, -0.2) is 64.8 Å². The number of hydrogen-bond donors (Lipinski definition) is 3. The van der Waals surface area contributed by atoms with Crippen LogP contribution < -0.4 is 20.9 Å². The van der Waals surface area contributed by atoms with Crippen molar-refractivity contribution in [2.24, 2.45) is 0 Å². The van der Waals surface area contributed by atoms with E-state index >= 15 is 0 Å². The number of anilines is 6. The van der Waals surface area contributed by atoms with E-state index < -0.39 is 0 Å². The molecule has 1 saturated heterocycles. The summed E-state index contributed by atoms with van der Waals surface area (Å²) in [7, 11) is 0. The van der Waals surface area contributed by atoms with E-state index in [9.17, 15) is 9.59 Å². The second kappa shape index (κ2) is 11.2. The molecule has 3 heterocycles. The van der Waals surface area contributed by atoms with Crippen LogP contribution in [0.4, 0.5) is 34.6 Å². The number of pyridine rings is 1. The summed E-state index contributed by atoms with van der Waals surface area (Å²) in [5, 5.41) is 9.21. The standard InChI is InChI=1S/C25H28N8O2/c1-3-23(35)28-19-5-4-6-20(15-19)29-24-18(2)17-27-25(31-24)30-22-16-21(7-8-26-22)33-11-9-32(10-12-33)13-14-34/h3-8,14-17H,1,9-13H2,2H3,(H,28,35)(H2,26,27,29,30,31). The fourth-order valence-corrected chi connectivity index (χ4v) is 3.73. The van der Waals surface area contributed by atoms with Crippen molar-refractivity contribution in [2.45, 2.75) is 6.92 Å². The molecule has 0 atom stereocenters. The zero-order valence-corrected chi connectivity index (χ0v) is 19.6. The smallest absolute Gasteiger partial charge is 0.247 e. The summed E-state index contributed by atoms with van der Waals surface area (Å²) in [5.41, 5.74) is 3.34. The number of piperazine rings is 1. The highest BCUT2D eigenvalue weighted by Gasteiger charge is 2.17. The quantitative estimate of drug-likeness (QED) is 0.319. The minimum absolute atomic E-state index is 0.274. The van der Waals surface area contributed by atoms with Gasteiger partial charge in [-0.2, -0.15) is 4.98 Å². The van der Waals surface area contributed by atoms with Crippen LogP contribution in [-0.2, 0) is 9.59 Å². The predicted molar refractivity (Wildman–Crippen MR) is 138 cm³/mol. The first-order chi connectivity index (χ1) is 17.0. The minimum Gasteiger partial charge on any atom is -0.369 e. The summed E-state index contributed by atoms with van der Waals surface area (Å²) < 4.78 is 0. The third-order valence-corrected chi connectivity index (χ3v) is 5.60. The van der Waals surface area contributed by atoms with Gasteiger partial charge in [-0.3, -0.25) is 9.69 Å². The molecule has 0 bridgehead atoms. The monoisotopic (exact) mass is 472 g/mol. The van der Waals surface area contributed by atoms with E-state index in [0.29, 0.717) is 29.8 Å². The van der Waals surface area contributed by atoms with Gasteiger partial charge in [-0.1, -0.05) is 12.6 Å². The topological polar surface area (TPSA) is 115 Å². The number of benzene rings is 1. The number of aromatic nitrogens is 3. The summed E-state index contributed by atoms with van der Waals surface area (Å²) in [5.74, 6) is 1.41. The first kappa shape index (κ1) is 23.8. The van der Waals surface area contributed by atoms with Gasteiger partial charge in [0.25, 0.3) is 0 Å². The molecule has 180 valence electrons. The number of rotatable bonds is 9. The SMILES string of the molecule is C=CC(=O)Nc1cccc(Nc2nc(Nc3cc(N4CCN(CC=O)CC4)ccn3)ncc2C)c1. The lowest BCUT2D eigenvalue weighted by Gasteiger charge is -2.35. The Morgan fingerprint density at radius 1 is 1.09 bits per heavy atom. The number of nitrogens with zero attached hydrogens (tertiary/aromatic N) is 5. The largest absolute Gasteiger partial charge is 0.369 e. The van der Waals surface area contributed by atoms with Gasteiger partial charge in [0.2, 0.25) is 11.9 Å². The molecule has 1 aliphatic heterocycles. The van der Waals surface area contributed by atoms with Gasteiger partial charge in [0.1, 0.15) is 17.9 Å². The summed E-state index contributed by atoms with van der Waals surface area (Å²) in [6.07, 6.45) is 5.67. The van der Waals surface area contributed by atoms with E-state index in [-0.39, 0.29) is 5.91 Å². The van der Waals surface area contributed by atoms with Gasteiger partial charge in [0, 0.05) is 67.3 Å². The summed E-state index contributed by atoms with van der Waals surface area (Å²) >= 11 is 0. The zero-order valence-electron chi connectivity index (χ0n) is 19.6. The lowest BCUT2D eigenvalue weighted by Crippen LogP contribution is -2.46. The fraction of sp³-hybridized carbons (Fsp3) is 0.240. The average molecular weight is 473 g/mol. The molecule has 0 radical (unpaired) electrons. The van der Waals surface area contributed by atoms with Crippen molar-refractivity contribution in [3.05, 3.63) is 67.0 Å². The number of carbonyl (C=O) groups is 2. The molecule has 0 aliphatic carbocycles. The van der Waals surface area contributed by atoms with Gasteiger partial charge >= 0.3 is 0 Å². The number of carbonyl (C=O) groups excluding carboxylic acids is 2. The highest BCUT2D eigenvalue weighted by molar-refractivity contribution is 5.99. The van der Waals surface area contributed by atoms with Crippen LogP contribution in [0.1, 0.15) is 5.56 Å². The van der Waals surface area contributed by atoms with Crippen LogP contribution in [0, 0.1) is 6.92 Å². The zero-order chi connectivity index (χ0) is 24.6. The maximum absolute atomic E-state index is 11.6. The third-order valence-electron chi connectivity index (χ3n) is 5.60. The number of hydrogen-bond acceptors (Lipinski definition) is 9. The molecule has 2 aromatic heterocycles. The van der Waals surface area contributed by atoms with Crippen LogP contribution in [0.25, 0.3) is 0 Å². The Hall–Kier alpha value is -4.31. The first-order valence-electron chi connectivity index (χ1n) is 11.3.